The largest absolute Gasteiger partial charge is 0.309 e. The molecule has 9 aromatic rings. The maximum absolute atomic E-state index is 2.47. The summed E-state index contributed by atoms with van der Waals surface area (Å²) in [5.41, 5.74) is 8.50. The molecule has 0 amide bonds. The molecule has 0 radical (unpaired) electrons. The quantitative estimate of drug-likeness (QED) is 0.206. The van der Waals surface area contributed by atoms with Gasteiger partial charge in [-0.3, -0.25) is 0 Å². The van der Waals surface area contributed by atoms with Crippen LogP contribution in [0.2, 0.25) is 0 Å². The van der Waals surface area contributed by atoms with E-state index >= 15 is 0 Å². The molecule has 0 saturated heterocycles. The van der Waals surface area contributed by atoms with Crippen molar-refractivity contribution < 1.29 is 0 Å². The summed E-state index contributed by atoms with van der Waals surface area (Å²) >= 11 is 1.90. The van der Waals surface area contributed by atoms with Crippen LogP contribution in [0.1, 0.15) is 0 Å². The van der Waals surface area contributed by atoms with Crippen molar-refractivity contribution in [2.45, 2.75) is 0 Å². The van der Waals surface area contributed by atoms with Gasteiger partial charge in [-0.05, 0) is 75.5 Å². The molecular weight excluding hydrogens is 527 g/mol. The van der Waals surface area contributed by atoms with Crippen LogP contribution in [0.15, 0.2) is 152 Å². The minimum absolute atomic E-state index is 1.17. The highest BCUT2D eigenvalue weighted by molar-refractivity contribution is 7.26. The summed E-state index contributed by atoms with van der Waals surface area (Å²) in [4.78, 5) is 0. The van der Waals surface area contributed by atoms with Gasteiger partial charge < -0.3 is 4.57 Å². The molecule has 0 aliphatic carbocycles. The zero-order valence-electron chi connectivity index (χ0n) is 22.8. The Hall–Kier alpha value is -5.18. The van der Waals surface area contributed by atoms with Gasteiger partial charge in [0.05, 0.1) is 11.0 Å². The first kappa shape index (κ1) is 23.5. The Bertz CT molecular complexity index is 2390. The van der Waals surface area contributed by atoms with Crippen molar-refractivity contribution in [3.8, 4) is 27.9 Å². The van der Waals surface area contributed by atoms with E-state index in [4.69, 9.17) is 0 Å². The third-order valence-electron chi connectivity index (χ3n) is 8.55. The van der Waals surface area contributed by atoms with Gasteiger partial charge >= 0.3 is 0 Å². The molecule has 0 unspecified atom stereocenters. The number of rotatable bonds is 3. The Morgan fingerprint density at radius 1 is 0.381 bits per heavy atom. The average Bonchev–Trinajstić information content (AvgIpc) is 3.61. The third-order valence-corrected chi connectivity index (χ3v) is 9.67. The molecule has 2 heteroatoms. The Morgan fingerprint density at radius 3 is 1.71 bits per heavy atom. The molecule has 7 aromatic carbocycles. The van der Waals surface area contributed by atoms with Crippen molar-refractivity contribution in [2.75, 3.05) is 0 Å². The highest BCUT2D eigenvalue weighted by Gasteiger charge is 2.19. The smallest absolute Gasteiger partial charge is 0.0548 e. The van der Waals surface area contributed by atoms with Gasteiger partial charge in [-0.1, -0.05) is 109 Å². The van der Waals surface area contributed by atoms with E-state index in [0.717, 1.165) is 0 Å². The molecule has 0 atom stereocenters. The maximum Gasteiger partial charge on any atom is 0.0548 e. The normalized spacial score (nSPS) is 11.8. The molecule has 2 heterocycles. The molecule has 42 heavy (non-hydrogen) atoms. The second-order valence-corrected chi connectivity index (χ2v) is 12.0. The summed E-state index contributed by atoms with van der Waals surface area (Å²) in [6, 6.07) is 55.3. The first-order chi connectivity index (χ1) is 20.8. The van der Waals surface area contributed by atoms with E-state index in [1.807, 2.05) is 11.3 Å². The van der Waals surface area contributed by atoms with Crippen LogP contribution in [-0.2, 0) is 0 Å². The number of hydrogen-bond acceptors (Lipinski definition) is 1. The summed E-state index contributed by atoms with van der Waals surface area (Å²) in [5.74, 6) is 0. The van der Waals surface area contributed by atoms with Crippen LogP contribution in [0.25, 0.3) is 80.7 Å². The minimum Gasteiger partial charge on any atom is -0.309 e. The molecule has 0 aliphatic rings. The van der Waals surface area contributed by atoms with Gasteiger partial charge in [0.1, 0.15) is 0 Å². The SMILES string of the molecule is c1ccc(-c2cc(-c3ccccc3)cc(-n3c4ccccc4c4c5c(ccc43)sc3ccc4ccccc4c35)c2)cc1. The number of hydrogen-bond donors (Lipinski definition) is 0. The summed E-state index contributed by atoms with van der Waals surface area (Å²) in [5, 5.41) is 7.96. The van der Waals surface area contributed by atoms with E-state index < -0.39 is 0 Å². The van der Waals surface area contributed by atoms with Crippen LogP contribution >= 0.6 is 11.3 Å². The van der Waals surface area contributed by atoms with Gasteiger partial charge in [-0.15, -0.1) is 11.3 Å². The Kier molecular flexibility index (Phi) is 5.13. The van der Waals surface area contributed by atoms with Crippen LogP contribution in [0.4, 0.5) is 0 Å². The molecule has 2 aromatic heterocycles. The first-order valence-electron chi connectivity index (χ1n) is 14.4. The van der Waals surface area contributed by atoms with Gasteiger partial charge in [0.2, 0.25) is 0 Å². The van der Waals surface area contributed by atoms with Crippen LogP contribution in [-0.4, -0.2) is 4.57 Å². The van der Waals surface area contributed by atoms with Crippen molar-refractivity contribution in [1.29, 1.82) is 0 Å². The molecular formula is C40H25NS. The molecule has 196 valence electrons. The number of thiophene rings is 1. The lowest BCUT2D eigenvalue weighted by Crippen LogP contribution is -1.96. The fourth-order valence-corrected chi connectivity index (χ4v) is 7.83. The van der Waals surface area contributed by atoms with Gasteiger partial charge in [0.25, 0.3) is 0 Å². The minimum atomic E-state index is 1.17. The first-order valence-corrected chi connectivity index (χ1v) is 15.2. The Labute approximate surface area is 247 Å². The maximum atomic E-state index is 2.47. The molecule has 0 saturated carbocycles. The van der Waals surface area contributed by atoms with E-state index in [1.54, 1.807) is 0 Å². The standard InChI is InChI=1S/C40H25NS/c1-3-11-26(12-4-1)29-23-30(27-13-5-2-6-14-27)25-31(24-29)41-34-18-10-9-17-33(34)38-35(41)20-22-37-40(38)39-32-16-8-7-15-28(32)19-21-36(39)42-37/h1-25H. The van der Waals surface area contributed by atoms with Gasteiger partial charge in [0.15, 0.2) is 0 Å². The van der Waals surface area contributed by atoms with E-state index in [2.05, 4.69) is 156 Å². The fraction of sp³-hybridized carbons (Fsp3) is 0. The lowest BCUT2D eigenvalue weighted by Gasteiger charge is -2.14. The molecule has 0 aliphatic heterocycles. The number of fused-ring (bicyclic) bond motifs is 9. The summed E-state index contributed by atoms with van der Waals surface area (Å²) in [6.07, 6.45) is 0. The molecule has 0 fully saturated rings. The van der Waals surface area contributed by atoms with E-state index in [0.29, 0.717) is 0 Å². The zero-order valence-corrected chi connectivity index (χ0v) is 23.6. The third kappa shape index (κ3) is 3.49. The lowest BCUT2D eigenvalue weighted by molar-refractivity contribution is 1.18. The summed E-state index contributed by atoms with van der Waals surface area (Å²) in [6.45, 7) is 0. The van der Waals surface area contributed by atoms with Crippen molar-refractivity contribution in [3.63, 3.8) is 0 Å². The monoisotopic (exact) mass is 551 g/mol. The summed E-state index contributed by atoms with van der Waals surface area (Å²) < 4.78 is 5.14. The average molecular weight is 552 g/mol. The molecule has 0 spiro atoms. The second-order valence-electron chi connectivity index (χ2n) is 10.9. The topological polar surface area (TPSA) is 4.93 Å². The van der Waals surface area contributed by atoms with Crippen LogP contribution in [0, 0.1) is 0 Å². The fourth-order valence-electron chi connectivity index (χ4n) is 6.70. The van der Waals surface area contributed by atoms with Gasteiger partial charge in [-0.2, -0.15) is 0 Å². The van der Waals surface area contributed by atoms with Gasteiger partial charge in [-0.25, -0.2) is 0 Å². The van der Waals surface area contributed by atoms with Gasteiger partial charge in [0, 0.05) is 36.6 Å². The summed E-state index contributed by atoms with van der Waals surface area (Å²) in [7, 11) is 0. The van der Waals surface area contributed by atoms with Crippen molar-refractivity contribution in [3.05, 3.63) is 152 Å². The number of benzene rings is 7. The zero-order chi connectivity index (χ0) is 27.6. The predicted octanol–water partition coefficient (Wildman–Crippen LogP) is 11.6. The van der Waals surface area contributed by atoms with E-state index in [9.17, 15) is 0 Å². The van der Waals surface area contributed by atoms with E-state index in [-0.39, 0.29) is 0 Å². The molecule has 0 N–H and O–H groups in total. The highest BCUT2D eigenvalue weighted by atomic mass is 32.1. The highest BCUT2D eigenvalue weighted by Crippen LogP contribution is 2.46. The van der Waals surface area contributed by atoms with Crippen LogP contribution in [0.5, 0.6) is 0 Å². The van der Waals surface area contributed by atoms with Crippen LogP contribution in [0.3, 0.4) is 0 Å². The number of nitrogens with zero attached hydrogens (tertiary/aromatic N) is 1. The van der Waals surface area contributed by atoms with Crippen molar-refractivity contribution in [2.24, 2.45) is 0 Å². The molecule has 1 nitrogen and oxygen atoms in total. The van der Waals surface area contributed by atoms with Crippen molar-refractivity contribution in [1.82, 2.24) is 4.57 Å². The van der Waals surface area contributed by atoms with Crippen molar-refractivity contribution >= 4 is 64.1 Å². The number of aromatic nitrogens is 1. The molecule has 0 bridgehead atoms. The van der Waals surface area contributed by atoms with Crippen LogP contribution < -0.4 is 0 Å². The second kappa shape index (κ2) is 9.17. The lowest BCUT2D eigenvalue weighted by atomic mass is 9.98. The Balaban J connectivity index is 1.43. The number of para-hydroxylation sites is 1. The predicted molar refractivity (Wildman–Crippen MR) is 182 cm³/mol. The van der Waals surface area contributed by atoms with E-state index in [1.165, 1.54) is 80.7 Å². The Morgan fingerprint density at radius 2 is 0.976 bits per heavy atom. The molecule has 9 rings (SSSR count).